The van der Waals surface area contributed by atoms with E-state index in [1.807, 2.05) is 12.1 Å². The molecule has 1 aromatic carbocycles. The normalized spacial score (nSPS) is 21.3. The van der Waals surface area contributed by atoms with E-state index in [2.05, 4.69) is 23.8 Å². The summed E-state index contributed by atoms with van der Waals surface area (Å²) in [4.78, 5) is 4.43. The number of likely N-dealkylation sites (N-methyl/N-ethyl adjacent to an activating group) is 1. The number of benzene rings is 1. The van der Waals surface area contributed by atoms with Gasteiger partial charge in [-0.05, 0) is 44.6 Å². The third-order valence-corrected chi connectivity index (χ3v) is 3.75. The maximum atomic E-state index is 14.1. The van der Waals surface area contributed by atoms with E-state index < -0.39 is 0 Å². The first-order valence-corrected chi connectivity index (χ1v) is 6.55. The molecule has 18 heavy (non-hydrogen) atoms. The Hall–Kier alpha value is -1.13. The van der Waals surface area contributed by atoms with E-state index in [-0.39, 0.29) is 5.82 Å². The Kier molecular flexibility index (Phi) is 4.19. The summed E-state index contributed by atoms with van der Waals surface area (Å²) in [7, 11) is 2.11. The van der Waals surface area contributed by atoms with Gasteiger partial charge in [-0.1, -0.05) is 6.07 Å². The van der Waals surface area contributed by atoms with Crippen LogP contribution in [0.25, 0.3) is 0 Å². The number of halogens is 1. The second-order valence-corrected chi connectivity index (χ2v) is 5.10. The molecule has 1 atom stereocenters. The standard InChI is InChI=1S/C14H22FN3/c1-11-10-18(8-7-17(11)2)14-4-3-12(5-6-16)9-13(14)15/h3-4,9,11H,5-8,10,16H2,1-2H3. The van der Waals surface area contributed by atoms with Gasteiger partial charge in [0.15, 0.2) is 0 Å². The van der Waals surface area contributed by atoms with Crippen LogP contribution in [-0.2, 0) is 6.42 Å². The summed E-state index contributed by atoms with van der Waals surface area (Å²) in [6.07, 6.45) is 0.732. The highest BCUT2D eigenvalue weighted by molar-refractivity contribution is 5.50. The van der Waals surface area contributed by atoms with Crippen molar-refractivity contribution < 1.29 is 4.39 Å². The molecule has 2 N–H and O–H groups in total. The van der Waals surface area contributed by atoms with Crippen LogP contribution in [0.3, 0.4) is 0 Å². The van der Waals surface area contributed by atoms with Gasteiger partial charge in [-0.25, -0.2) is 4.39 Å². The number of nitrogens with zero attached hydrogens (tertiary/aromatic N) is 2. The van der Waals surface area contributed by atoms with Gasteiger partial charge < -0.3 is 15.5 Å². The molecule has 1 saturated heterocycles. The lowest BCUT2D eigenvalue weighted by atomic mass is 10.1. The summed E-state index contributed by atoms with van der Waals surface area (Å²) in [6.45, 7) is 5.47. The number of hydrogen-bond acceptors (Lipinski definition) is 3. The van der Waals surface area contributed by atoms with Crippen molar-refractivity contribution in [1.29, 1.82) is 0 Å². The molecule has 0 aromatic heterocycles. The molecule has 0 aliphatic carbocycles. The molecule has 0 spiro atoms. The molecule has 1 aliphatic rings. The SMILES string of the molecule is CC1CN(c2ccc(CCN)cc2F)CCN1C. The molecule has 1 aliphatic heterocycles. The first kappa shape index (κ1) is 13.3. The summed E-state index contributed by atoms with van der Waals surface area (Å²) in [6, 6.07) is 5.94. The topological polar surface area (TPSA) is 32.5 Å². The van der Waals surface area contributed by atoms with E-state index in [4.69, 9.17) is 5.73 Å². The molecule has 0 radical (unpaired) electrons. The fourth-order valence-electron chi connectivity index (χ4n) is 2.40. The van der Waals surface area contributed by atoms with Crippen LogP contribution in [-0.4, -0.2) is 44.2 Å². The minimum Gasteiger partial charge on any atom is -0.366 e. The van der Waals surface area contributed by atoms with Crippen molar-refractivity contribution in [3.63, 3.8) is 0 Å². The van der Waals surface area contributed by atoms with E-state index in [1.54, 1.807) is 6.07 Å². The van der Waals surface area contributed by atoms with Crippen molar-refractivity contribution in [3.05, 3.63) is 29.6 Å². The smallest absolute Gasteiger partial charge is 0.146 e. The number of hydrogen-bond donors (Lipinski definition) is 1. The quantitative estimate of drug-likeness (QED) is 0.883. The first-order valence-electron chi connectivity index (χ1n) is 6.55. The first-order chi connectivity index (χ1) is 8.61. The number of anilines is 1. The molecule has 0 amide bonds. The molecule has 2 rings (SSSR count). The molecule has 0 bridgehead atoms. The molecule has 3 nitrogen and oxygen atoms in total. The van der Waals surface area contributed by atoms with Gasteiger partial charge in [0.25, 0.3) is 0 Å². The lowest BCUT2D eigenvalue weighted by molar-refractivity contribution is 0.233. The van der Waals surface area contributed by atoms with E-state index in [0.29, 0.717) is 12.6 Å². The second kappa shape index (κ2) is 5.67. The molecule has 1 fully saturated rings. The average molecular weight is 251 g/mol. The highest BCUT2D eigenvalue weighted by atomic mass is 19.1. The molecule has 4 heteroatoms. The summed E-state index contributed by atoms with van der Waals surface area (Å²) in [5.41, 5.74) is 7.18. The fourth-order valence-corrected chi connectivity index (χ4v) is 2.40. The maximum absolute atomic E-state index is 14.1. The molecule has 1 aromatic rings. The number of nitrogens with two attached hydrogens (primary N) is 1. The molecule has 0 saturated carbocycles. The van der Waals surface area contributed by atoms with Gasteiger partial charge in [0, 0.05) is 25.7 Å². The highest BCUT2D eigenvalue weighted by Gasteiger charge is 2.22. The Morgan fingerprint density at radius 3 is 2.78 bits per heavy atom. The van der Waals surface area contributed by atoms with Crippen molar-refractivity contribution in [2.75, 3.05) is 38.1 Å². The Balaban J connectivity index is 2.13. The molecule has 100 valence electrons. The van der Waals surface area contributed by atoms with Crippen molar-refractivity contribution >= 4 is 5.69 Å². The van der Waals surface area contributed by atoms with Gasteiger partial charge in [0.1, 0.15) is 5.82 Å². The predicted molar refractivity (Wildman–Crippen MR) is 73.5 cm³/mol. The van der Waals surface area contributed by atoms with Gasteiger partial charge in [0.2, 0.25) is 0 Å². The van der Waals surface area contributed by atoms with Gasteiger partial charge >= 0.3 is 0 Å². The largest absolute Gasteiger partial charge is 0.366 e. The lowest BCUT2D eigenvalue weighted by Crippen LogP contribution is -2.50. The zero-order valence-electron chi connectivity index (χ0n) is 11.2. The summed E-state index contributed by atoms with van der Waals surface area (Å²) in [5.74, 6) is -0.127. The Morgan fingerprint density at radius 1 is 1.39 bits per heavy atom. The van der Waals surface area contributed by atoms with E-state index in [1.165, 1.54) is 0 Å². The Bertz CT molecular complexity index is 408. The van der Waals surface area contributed by atoms with Crippen LogP contribution in [0.15, 0.2) is 18.2 Å². The van der Waals surface area contributed by atoms with Crippen LogP contribution in [0, 0.1) is 5.82 Å². The maximum Gasteiger partial charge on any atom is 0.146 e. The van der Waals surface area contributed by atoms with Gasteiger partial charge in [-0.3, -0.25) is 0 Å². The van der Waals surface area contributed by atoms with Crippen LogP contribution in [0.5, 0.6) is 0 Å². The molecular weight excluding hydrogens is 229 g/mol. The monoisotopic (exact) mass is 251 g/mol. The van der Waals surface area contributed by atoms with Crippen molar-refractivity contribution in [3.8, 4) is 0 Å². The van der Waals surface area contributed by atoms with Crippen molar-refractivity contribution in [2.24, 2.45) is 5.73 Å². The lowest BCUT2D eigenvalue weighted by Gasteiger charge is -2.39. The van der Waals surface area contributed by atoms with Crippen LogP contribution in [0.2, 0.25) is 0 Å². The third-order valence-electron chi connectivity index (χ3n) is 3.75. The predicted octanol–water partition coefficient (Wildman–Crippen LogP) is 1.47. The molecule has 1 heterocycles. The summed E-state index contributed by atoms with van der Waals surface area (Å²) < 4.78 is 14.1. The van der Waals surface area contributed by atoms with E-state index >= 15 is 0 Å². The minimum absolute atomic E-state index is 0.127. The summed E-state index contributed by atoms with van der Waals surface area (Å²) >= 11 is 0. The Labute approximate surface area is 108 Å². The molecule has 1 unspecified atom stereocenters. The van der Waals surface area contributed by atoms with Crippen LogP contribution >= 0.6 is 0 Å². The van der Waals surface area contributed by atoms with Gasteiger partial charge in [0.05, 0.1) is 5.69 Å². The van der Waals surface area contributed by atoms with Crippen LogP contribution in [0.4, 0.5) is 10.1 Å². The van der Waals surface area contributed by atoms with E-state index in [0.717, 1.165) is 37.3 Å². The fraction of sp³-hybridized carbons (Fsp3) is 0.571. The minimum atomic E-state index is -0.127. The third kappa shape index (κ3) is 2.82. The van der Waals surface area contributed by atoms with Gasteiger partial charge in [-0.15, -0.1) is 0 Å². The zero-order chi connectivity index (χ0) is 13.1. The second-order valence-electron chi connectivity index (χ2n) is 5.10. The highest BCUT2D eigenvalue weighted by Crippen LogP contribution is 2.23. The molecular formula is C14H22FN3. The number of rotatable bonds is 3. The Morgan fingerprint density at radius 2 is 2.17 bits per heavy atom. The number of piperazine rings is 1. The zero-order valence-corrected chi connectivity index (χ0v) is 11.2. The van der Waals surface area contributed by atoms with Crippen LogP contribution < -0.4 is 10.6 Å². The van der Waals surface area contributed by atoms with Crippen molar-refractivity contribution in [1.82, 2.24) is 4.90 Å². The average Bonchev–Trinajstić information content (AvgIpc) is 2.34. The van der Waals surface area contributed by atoms with Crippen LogP contribution in [0.1, 0.15) is 12.5 Å². The summed E-state index contributed by atoms with van der Waals surface area (Å²) in [5, 5.41) is 0. The van der Waals surface area contributed by atoms with Gasteiger partial charge in [-0.2, -0.15) is 0 Å². The van der Waals surface area contributed by atoms with Crippen molar-refractivity contribution in [2.45, 2.75) is 19.4 Å². The van der Waals surface area contributed by atoms with E-state index in [9.17, 15) is 4.39 Å².